The van der Waals surface area contributed by atoms with Crippen LogP contribution in [0.15, 0.2) is 83.3 Å². The van der Waals surface area contributed by atoms with Crippen molar-refractivity contribution in [1.82, 2.24) is 24.6 Å². The number of ether oxygens (including phenoxy) is 1. The van der Waals surface area contributed by atoms with Crippen LogP contribution < -0.4 is 0 Å². The number of hydrogen-bond acceptors (Lipinski definition) is 5. The highest BCUT2D eigenvalue weighted by molar-refractivity contribution is 9.10. The van der Waals surface area contributed by atoms with E-state index >= 15 is 0 Å². The highest BCUT2D eigenvalue weighted by Gasteiger charge is 2.38. The first-order valence-corrected chi connectivity index (χ1v) is 14.0. The Morgan fingerprint density at radius 2 is 1.77 bits per heavy atom. The Morgan fingerprint density at radius 1 is 1.05 bits per heavy atom. The molecule has 1 aliphatic heterocycles. The minimum atomic E-state index is -0.396. The first kappa shape index (κ1) is 25.5. The topological polar surface area (TPSA) is 76.0 Å². The van der Waals surface area contributed by atoms with Crippen LogP contribution in [0.1, 0.15) is 36.4 Å². The highest BCUT2D eigenvalue weighted by atomic mass is 79.9. The summed E-state index contributed by atoms with van der Waals surface area (Å²) < 4.78 is 9.06. The fourth-order valence-corrected chi connectivity index (χ4v) is 5.70. The smallest absolute Gasteiger partial charge is 0.324 e. The molecule has 198 valence electrons. The number of carbonyl (C=O) groups is 1. The van der Waals surface area contributed by atoms with E-state index in [4.69, 9.17) is 9.72 Å². The Morgan fingerprint density at radius 3 is 2.49 bits per heavy atom. The zero-order valence-electron chi connectivity index (χ0n) is 22.0. The molecule has 0 amide bonds. The third kappa shape index (κ3) is 5.14. The quantitative estimate of drug-likeness (QED) is 0.234. The van der Waals surface area contributed by atoms with Crippen LogP contribution in [-0.4, -0.2) is 42.7 Å². The first-order chi connectivity index (χ1) is 19.0. The maximum atomic E-state index is 13.5. The van der Waals surface area contributed by atoms with Gasteiger partial charge < -0.3 is 9.30 Å². The summed E-state index contributed by atoms with van der Waals surface area (Å²) >= 11 is 3.55. The van der Waals surface area contributed by atoms with Crippen LogP contribution in [0, 0.1) is 0 Å². The van der Waals surface area contributed by atoms with E-state index in [1.54, 1.807) is 0 Å². The molecule has 1 N–H and O–H groups in total. The van der Waals surface area contributed by atoms with Crippen LogP contribution in [0.25, 0.3) is 22.4 Å². The molecule has 8 heteroatoms. The normalized spacial score (nSPS) is 15.5. The molecule has 0 bridgehead atoms. The number of aromatic nitrogens is 4. The largest absolute Gasteiger partial charge is 0.460 e. The van der Waals surface area contributed by atoms with E-state index in [2.05, 4.69) is 67.6 Å². The van der Waals surface area contributed by atoms with Crippen LogP contribution in [0.2, 0.25) is 0 Å². The lowest BCUT2D eigenvalue weighted by Gasteiger charge is -2.36. The summed E-state index contributed by atoms with van der Waals surface area (Å²) in [4.78, 5) is 20.8. The molecule has 2 aromatic heterocycles. The van der Waals surface area contributed by atoms with Gasteiger partial charge in [-0.2, -0.15) is 5.10 Å². The third-order valence-corrected chi connectivity index (χ3v) is 7.85. The van der Waals surface area contributed by atoms with Crippen molar-refractivity contribution in [2.75, 3.05) is 0 Å². The molecule has 0 saturated carbocycles. The molecule has 0 radical (unpaired) electrons. The summed E-state index contributed by atoms with van der Waals surface area (Å²) in [5.41, 5.74) is 5.93. The number of esters is 1. The van der Waals surface area contributed by atoms with Gasteiger partial charge in [0.2, 0.25) is 0 Å². The minimum absolute atomic E-state index is 0.152. The van der Waals surface area contributed by atoms with E-state index in [9.17, 15) is 4.79 Å². The fourth-order valence-electron chi connectivity index (χ4n) is 5.34. The molecule has 0 fully saturated rings. The number of imidazole rings is 1. The standard InChI is InChI=1S/C31H30BrN5O2/c1-20(2)36-18-26-27(16-28(36)31(38)39-19-22-11-7-4-8-12-22)37(17-21-9-5-3-6-10-21)30(33-26)29-24-14-13-23(32)15-25(24)34-35-29/h3-15,20,28H,16-19H2,1-2H3,(H,34,35)/t28-/m0/s1. The van der Waals surface area contributed by atoms with Crippen molar-refractivity contribution in [3.63, 3.8) is 0 Å². The Balaban J connectivity index is 1.40. The predicted octanol–water partition coefficient (Wildman–Crippen LogP) is 6.12. The lowest BCUT2D eigenvalue weighted by Crippen LogP contribution is -2.49. The summed E-state index contributed by atoms with van der Waals surface area (Å²) in [6, 6.07) is 26.0. The summed E-state index contributed by atoms with van der Waals surface area (Å²) in [5, 5.41) is 8.87. The van der Waals surface area contributed by atoms with Crippen LogP contribution in [0.5, 0.6) is 0 Å². The molecule has 7 nitrogen and oxygen atoms in total. The monoisotopic (exact) mass is 583 g/mol. The van der Waals surface area contributed by atoms with Gasteiger partial charge in [-0.15, -0.1) is 0 Å². The molecule has 0 spiro atoms. The van der Waals surface area contributed by atoms with Crippen molar-refractivity contribution in [2.45, 2.75) is 52.0 Å². The average molecular weight is 585 g/mol. The second kappa shape index (κ2) is 10.8. The van der Waals surface area contributed by atoms with Crippen LogP contribution in [0.3, 0.4) is 0 Å². The predicted molar refractivity (Wildman–Crippen MR) is 155 cm³/mol. The first-order valence-electron chi connectivity index (χ1n) is 13.2. The zero-order valence-corrected chi connectivity index (χ0v) is 23.6. The maximum absolute atomic E-state index is 13.5. The SMILES string of the molecule is CC(C)N1Cc2nc(-c3n[nH]c4cc(Br)ccc34)n(Cc3ccccc3)c2C[C@H]1C(=O)OCc1ccccc1. The summed E-state index contributed by atoms with van der Waals surface area (Å²) in [5.74, 6) is 0.599. The minimum Gasteiger partial charge on any atom is -0.460 e. The Labute approximate surface area is 236 Å². The number of nitrogens with one attached hydrogen (secondary N) is 1. The van der Waals surface area contributed by atoms with E-state index in [0.29, 0.717) is 19.5 Å². The van der Waals surface area contributed by atoms with E-state index < -0.39 is 6.04 Å². The zero-order chi connectivity index (χ0) is 26.9. The Bertz CT molecular complexity index is 1610. The molecular formula is C31H30BrN5O2. The Hall–Kier alpha value is -3.75. The number of halogens is 1. The van der Waals surface area contributed by atoms with Crippen molar-refractivity contribution in [1.29, 1.82) is 0 Å². The number of aromatic amines is 1. The van der Waals surface area contributed by atoms with Gasteiger partial charge in [0.05, 0.1) is 11.2 Å². The number of fused-ring (bicyclic) bond motifs is 2. The summed E-state index contributed by atoms with van der Waals surface area (Å²) in [7, 11) is 0. The molecule has 39 heavy (non-hydrogen) atoms. The molecule has 0 unspecified atom stereocenters. The number of rotatable bonds is 7. The number of hydrogen-bond donors (Lipinski definition) is 1. The number of benzene rings is 3. The van der Waals surface area contributed by atoms with Crippen molar-refractivity contribution in [2.24, 2.45) is 0 Å². The molecule has 1 aliphatic rings. The molecule has 6 rings (SSSR count). The van der Waals surface area contributed by atoms with Crippen molar-refractivity contribution >= 4 is 32.8 Å². The van der Waals surface area contributed by atoms with Gasteiger partial charge in [0.15, 0.2) is 5.82 Å². The molecule has 0 aliphatic carbocycles. The van der Waals surface area contributed by atoms with Gasteiger partial charge in [0.25, 0.3) is 0 Å². The van der Waals surface area contributed by atoms with Gasteiger partial charge in [0.1, 0.15) is 18.3 Å². The maximum Gasteiger partial charge on any atom is 0.324 e. The van der Waals surface area contributed by atoms with E-state index in [1.165, 1.54) is 0 Å². The molecule has 5 aromatic rings. The summed E-state index contributed by atoms with van der Waals surface area (Å²) in [6.45, 7) is 5.70. The van der Waals surface area contributed by atoms with E-state index in [1.807, 2.05) is 60.7 Å². The van der Waals surface area contributed by atoms with Crippen LogP contribution in [-0.2, 0) is 35.6 Å². The average Bonchev–Trinajstić information content (AvgIpc) is 3.52. The fraction of sp³-hybridized carbons (Fsp3) is 0.258. The molecule has 3 heterocycles. The molecule has 0 saturated heterocycles. The van der Waals surface area contributed by atoms with Gasteiger partial charge in [-0.3, -0.25) is 14.8 Å². The Kier molecular flexibility index (Phi) is 7.06. The number of nitrogens with zero attached hydrogens (tertiary/aromatic N) is 4. The second-order valence-electron chi connectivity index (χ2n) is 10.2. The van der Waals surface area contributed by atoms with E-state index in [0.717, 1.165) is 49.4 Å². The van der Waals surface area contributed by atoms with E-state index in [-0.39, 0.29) is 18.6 Å². The number of carbonyl (C=O) groups excluding carboxylic acids is 1. The van der Waals surface area contributed by atoms with Gasteiger partial charge >= 0.3 is 5.97 Å². The number of H-pyrrole nitrogens is 1. The van der Waals surface area contributed by atoms with Crippen molar-refractivity contribution in [3.05, 3.63) is 106 Å². The van der Waals surface area contributed by atoms with Gasteiger partial charge in [-0.05, 0) is 43.2 Å². The molecular weight excluding hydrogens is 554 g/mol. The van der Waals surface area contributed by atoms with Crippen LogP contribution >= 0.6 is 15.9 Å². The molecule has 3 aromatic carbocycles. The summed E-state index contributed by atoms with van der Waals surface area (Å²) in [6.07, 6.45) is 0.523. The second-order valence-corrected chi connectivity index (χ2v) is 11.2. The van der Waals surface area contributed by atoms with Gasteiger partial charge in [0, 0.05) is 41.1 Å². The van der Waals surface area contributed by atoms with Crippen molar-refractivity contribution < 1.29 is 9.53 Å². The lowest BCUT2D eigenvalue weighted by atomic mass is 10.00. The van der Waals surface area contributed by atoms with Gasteiger partial charge in [-0.1, -0.05) is 76.6 Å². The highest BCUT2D eigenvalue weighted by Crippen LogP contribution is 2.34. The van der Waals surface area contributed by atoms with Crippen molar-refractivity contribution in [3.8, 4) is 11.5 Å². The molecule has 1 atom stereocenters. The van der Waals surface area contributed by atoms with Gasteiger partial charge in [-0.25, -0.2) is 4.98 Å². The lowest BCUT2D eigenvalue weighted by molar-refractivity contribution is -0.153. The van der Waals surface area contributed by atoms with Crippen LogP contribution in [0.4, 0.5) is 0 Å². The third-order valence-electron chi connectivity index (χ3n) is 7.35.